The zero-order valence-electron chi connectivity index (χ0n) is 11.1. The Morgan fingerprint density at radius 2 is 1.78 bits per heavy atom. The first-order valence-corrected chi connectivity index (χ1v) is 7.70. The first kappa shape index (κ1) is 15.0. The monoisotopic (exact) mass is 271 g/mol. The third kappa shape index (κ3) is 3.99. The van der Waals surface area contributed by atoms with E-state index in [0.29, 0.717) is 17.3 Å². The molecule has 0 bridgehead atoms. The van der Waals surface area contributed by atoms with Crippen molar-refractivity contribution >= 4 is 9.84 Å². The summed E-state index contributed by atoms with van der Waals surface area (Å²) in [6, 6.07) is 6.45. The highest BCUT2D eigenvalue weighted by Gasteiger charge is 2.17. The highest BCUT2D eigenvalue weighted by atomic mass is 32.2. The summed E-state index contributed by atoms with van der Waals surface area (Å²) < 4.78 is 28.8. The van der Waals surface area contributed by atoms with Crippen molar-refractivity contribution in [2.24, 2.45) is 5.73 Å². The minimum Gasteiger partial charge on any atom is -0.492 e. The van der Waals surface area contributed by atoms with E-state index in [4.69, 9.17) is 10.5 Å². The first-order chi connectivity index (χ1) is 8.30. The van der Waals surface area contributed by atoms with Crippen LogP contribution in [0.2, 0.25) is 0 Å². The van der Waals surface area contributed by atoms with Gasteiger partial charge >= 0.3 is 0 Å². The van der Waals surface area contributed by atoms with Gasteiger partial charge in [0.1, 0.15) is 12.4 Å². The van der Waals surface area contributed by atoms with Gasteiger partial charge in [0.25, 0.3) is 0 Å². The van der Waals surface area contributed by atoms with Gasteiger partial charge in [-0.05, 0) is 37.6 Å². The maximum Gasteiger partial charge on any atom is 0.178 e. The van der Waals surface area contributed by atoms with E-state index in [1.165, 1.54) is 0 Å². The Kier molecular flexibility index (Phi) is 4.76. The number of sulfone groups is 1. The van der Waals surface area contributed by atoms with E-state index >= 15 is 0 Å². The molecule has 2 N–H and O–H groups in total. The molecule has 0 aliphatic carbocycles. The Morgan fingerprint density at radius 3 is 2.22 bits per heavy atom. The van der Waals surface area contributed by atoms with E-state index in [0.717, 1.165) is 6.42 Å². The van der Waals surface area contributed by atoms with Crippen LogP contribution < -0.4 is 10.5 Å². The largest absolute Gasteiger partial charge is 0.492 e. The summed E-state index contributed by atoms with van der Waals surface area (Å²) in [7, 11) is -3.14. The zero-order valence-corrected chi connectivity index (χ0v) is 12.0. The number of ether oxygens (including phenoxy) is 1. The van der Waals surface area contributed by atoms with Crippen molar-refractivity contribution in [3.63, 3.8) is 0 Å². The van der Waals surface area contributed by atoms with E-state index in [1.54, 1.807) is 31.2 Å². The molecule has 0 amide bonds. The van der Waals surface area contributed by atoms with Gasteiger partial charge in [-0.15, -0.1) is 0 Å². The molecule has 0 heterocycles. The Hall–Kier alpha value is -1.07. The van der Waals surface area contributed by atoms with Crippen LogP contribution in [0.3, 0.4) is 0 Å². The summed E-state index contributed by atoms with van der Waals surface area (Å²) in [6.07, 6.45) is 0.815. The lowest BCUT2D eigenvalue weighted by atomic mass is 10.0. The van der Waals surface area contributed by atoms with Crippen LogP contribution in [0.4, 0.5) is 0 Å². The highest BCUT2D eigenvalue weighted by molar-refractivity contribution is 7.91. The van der Waals surface area contributed by atoms with E-state index < -0.39 is 9.84 Å². The molecule has 102 valence electrons. The summed E-state index contributed by atoms with van der Waals surface area (Å²) >= 11 is 0. The van der Waals surface area contributed by atoms with Crippen LogP contribution in [0.1, 0.15) is 27.2 Å². The van der Waals surface area contributed by atoms with Gasteiger partial charge in [0, 0.05) is 5.54 Å². The number of nitrogens with two attached hydrogens (primary N) is 1. The fraction of sp³-hybridized carbons (Fsp3) is 0.538. The molecule has 1 aromatic carbocycles. The van der Waals surface area contributed by atoms with Crippen LogP contribution in [0, 0.1) is 0 Å². The predicted octanol–water partition coefficient (Wildman–Crippen LogP) is 1.99. The molecule has 0 fully saturated rings. The highest BCUT2D eigenvalue weighted by Crippen LogP contribution is 2.18. The molecular weight excluding hydrogens is 250 g/mol. The van der Waals surface area contributed by atoms with Gasteiger partial charge in [0.2, 0.25) is 0 Å². The molecule has 0 aliphatic heterocycles. The second-order valence-electron chi connectivity index (χ2n) is 4.67. The quantitative estimate of drug-likeness (QED) is 0.859. The summed E-state index contributed by atoms with van der Waals surface area (Å²) in [6.45, 7) is 5.95. The molecule has 1 rings (SSSR count). The molecule has 0 saturated heterocycles. The smallest absolute Gasteiger partial charge is 0.178 e. The van der Waals surface area contributed by atoms with Crippen molar-refractivity contribution in [1.29, 1.82) is 0 Å². The van der Waals surface area contributed by atoms with Gasteiger partial charge in [0.15, 0.2) is 9.84 Å². The summed E-state index contributed by atoms with van der Waals surface area (Å²) in [5.74, 6) is 0.736. The van der Waals surface area contributed by atoms with Crippen LogP contribution in [-0.4, -0.2) is 26.3 Å². The van der Waals surface area contributed by atoms with Crippen molar-refractivity contribution in [3.05, 3.63) is 24.3 Å². The zero-order chi connectivity index (χ0) is 13.8. The number of rotatable bonds is 6. The molecule has 0 aromatic heterocycles. The van der Waals surface area contributed by atoms with Gasteiger partial charge in [0.05, 0.1) is 10.6 Å². The number of benzene rings is 1. The molecule has 0 aliphatic rings. The van der Waals surface area contributed by atoms with Crippen molar-refractivity contribution in [2.75, 3.05) is 12.4 Å². The summed E-state index contributed by atoms with van der Waals surface area (Å²) in [5, 5.41) is 0. The molecule has 1 atom stereocenters. The van der Waals surface area contributed by atoms with E-state index in [1.807, 2.05) is 13.8 Å². The minimum atomic E-state index is -3.14. The normalized spacial score (nSPS) is 15.1. The molecule has 0 saturated carbocycles. The Balaban J connectivity index is 2.73. The van der Waals surface area contributed by atoms with Gasteiger partial charge in [-0.1, -0.05) is 13.8 Å². The van der Waals surface area contributed by atoms with Crippen molar-refractivity contribution < 1.29 is 13.2 Å². The molecule has 1 unspecified atom stereocenters. The topological polar surface area (TPSA) is 69.4 Å². The van der Waals surface area contributed by atoms with Crippen LogP contribution in [0.5, 0.6) is 5.75 Å². The fourth-order valence-electron chi connectivity index (χ4n) is 1.26. The lowest BCUT2D eigenvalue weighted by molar-refractivity contribution is 0.226. The Morgan fingerprint density at radius 1 is 1.22 bits per heavy atom. The predicted molar refractivity (Wildman–Crippen MR) is 72.5 cm³/mol. The lowest BCUT2D eigenvalue weighted by Crippen LogP contribution is -2.41. The molecule has 1 aromatic rings. The second-order valence-corrected chi connectivity index (χ2v) is 6.95. The van der Waals surface area contributed by atoms with Crippen LogP contribution in [0.15, 0.2) is 29.2 Å². The molecular formula is C13H21NO3S. The maximum absolute atomic E-state index is 11.6. The van der Waals surface area contributed by atoms with Crippen LogP contribution in [0.25, 0.3) is 0 Å². The van der Waals surface area contributed by atoms with Gasteiger partial charge in [-0.3, -0.25) is 0 Å². The van der Waals surface area contributed by atoms with Gasteiger partial charge in [-0.2, -0.15) is 0 Å². The minimum absolute atomic E-state index is 0.101. The number of hydrogen-bond donors (Lipinski definition) is 1. The van der Waals surface area contributed by atoms with Crippen LogP contribution in [-0.2, 0) is 9.84 Å². The summed E-state index contributed by atoms with van der Waals surface area (Å²) in [5.41, 5.74) is 5.60. The standard InChI is InChI=1S/C13H21NO3S/c1-4-13(3,14)10-17-11-6-8-12(9-7-11)18(15,16)5-2/h6-9H,4-5,10,14H2,1-3H3. The average Bonchev–Trinajstić information content (AvgIpc) is 2.37. The van der Waals surface area contributed by atoms with Gasteiger partial charge in [-0.25, -0.2) is 8.42 Å². The SMILES string of the molecule is CCC(C)(N)COc1ccc(S(=O)(=O)CC)cc1. The molecule has 4 nitrogen and oxygen atoms in total. The van der Waals surface area contributed by atoms with Crippen molar-refractivity contribution in [1.82, 2.24) is 0 Å². The third-order valence-corrected chi connectivity index (χ3v) is 4.69. The molecule has 18 heavy (non-hydrogen) atoms. The van der Waals surface area contributed by atoms with E-state index in [9.17, 15) is 8.42 Å². The van der Waals surface area contributed by atoms with Crippen LogP contribution >= 0.6 is 0 Å². The molecule has 5 heteroatoms. The fourth-order valence-corrected chi connectivity index (χ4v) is 2.14. The average molecular weight is 271 g/mol. The first-order valence-electron chi connectivity index (χ1n) is 6.05. The summed E-state index contributed by atoms with van der Waals surface area (Å²) in [4.78, 5) is 0.323. The third-order valence-electron chi connectivity index (χ3n) is 2.94. The second kappa shape index (κ2) is 5.71. The molecule has 0 spiro atoms. The Labute approximate surface area is 109 Å². The number of hydrogen-bond acceptors (Lipinski definition) is 4. The van der Waals surface area contributed by atoms with E-state index in [2.05, 4.69) is 0 Å². The van der Waals surface area contributed by atoms with Gasteiger partial charge < -0.3 is 10.5 Å². The maximum atomic E-state index is 11.6. The Bertz CT molecular complexity index is 477. The van der Waals surface area contributed by atoms with E-state index in [-0.39, 0.29) is 11.3 Å². The lowest BCUT2D eigenvalue weighted by Gasteiger charge is -2.22. The van der Waals surface area contributed by atoms with Crippen molar-refractivity contribution in [2.45, 2.75) is 37.6 Å². The van der Waals surface area contributed by atoms with Crippen molar-refractivity contribution in [3.8, 4) is 5.75 Å². The molecule has 0 radical (unpaired) electrons.